The maximum atomic E-state index is 11.9. The molecule has 0 rings (SSSR count). The summed E-state index contributed by atoms with van der Waals surface area (Å²) in [5.74, 6) is -2.51. The number of amides is 1. The number of aliphatic hydroxyl groups is 1. The third-order valence-corrected chi connectivity index (χ3v) is 5.78. The van der Waals surface area contributed by atoms with Gasteiger partial charge < -0.3 is 26.4 Å². The molecular weight excluding hydrogens is 456 g/mol. The topological polar surface area (TPSA) is 150 Å². The first-order valence-electron chi connectivity index (χ1n) is 11.3. The molecule has 190 valence electrons. The van der Waals surface area contributed by atoms with Crippen LogP contribution in [0, 0.1) is 0 Å². The zero-order chi connectivity index (χ0) is 25.6. The Balaban J connectivity index is 4.74. The predicted octanol–water partition coefficient (Wildman–Crippen LogP) is 3.20. The van der Waals surface area contributed by atoms with Crippen LogP contribution in [-0.4, -0.2) is 62.9 Å². The number of hydrogen-bond donors (Lipinski definition) is 5. The Labute approximate surface area is 206 Å². The van der Waals surface area contributed by atoms with Crippen LogP contribution < -0.4 is 11.1 Å². The van der Waals surface area contributed by atoms with Crippen LogP contribution in [0.15, 0.2) is 60.8 Å². The van der Waals surface area contributed by atoms with Crippen LogP contribution >= 0.6 is 11.8 Å². The number of hydrogen-bond acceptors (Lipinski definition) is 6. The highest BCUT2D eigenvalue weighted by Crippen LogP contribution is 2.21. The van der Waals surface area contributed by atoms with Crippen LogP contribution in [0.4, 0.5) is 0 Å². The quantitative estimate of drug-likeness (QED) is 0.136. The van der Waals surface area contributed by atoms with Gasteiger partial charge in [-0.05, 0) is 32.1 Å². The van der Waals surface area contributed by atoms with Gasteiger partial charge in [0.2, 0.25) is 5.91 Å². The van der Waals surface area contributed by atoms with Gasteiger partial charge in [-0.3, -0.25) is 14.4 Å². The fraction of sp³-hybridized carbons (Fsp3) is 0.480. The molecule has 0 aliphatic heterocycles. The van der Waals surface area contributed by atoms with E-state index < -0.39 is 41.8 Å². The normalized spacial score (nSPS) is 15.0. The molecule has 0 aromatic carbocycles. The maximum Gasteiger partial charge on any atom is 0.322 e. The molecule has 0 fully saturated rings. The summed E-state index contributed by atoms with van der Waals surface area (Å²) in [6.07, 6.45) is 22.2. The largest absolute Gasteiger partial charge is 0.481 e. The number of carboxylic acid groups (broad SMARTS) is 2. The average molecular weight is 495 g/mol. The summed E-state index contributed by atoms with van der Waals surface area (Å²) < 4.78 is 0. The van der Waals surface area contributed by atoms with Crippen LogP contribution in [0.1, 0.15) is 45.4 Å². The Morgan fingerprint density at radius 3 is 2.24 bits per heavy atom. The second-order valence-corrected chi connectivity index (χ2v) is 8.60. The molecule has 0 spiro atoms. The highest BCUT2D eigenvalue weighted by Gasteiger charge is 2.21. The zero-order valence-corrected chi connectivity index (χ0v) is 20.5. The SMILES string of the molecule is CC/C=C/C/C=C/C/C=C/C=C/C=C/C(SC[C@H](N)C(=O)NCC(=O)O)[C@@H](O)CCCC(=O)O. The summed E-state index contributed by atoms with van der Waals surface area (Å²) in [5, 5.41) is 29.7. The van der Waals surface area contributed by atoms with Gasteiger partial charge in [0, 0.05) is 17.4 Å². The van der Waals surface area contributed by atoms with Gasteiger partial charge in [-0.15, -0.1) is 11.8 Å². The van der Waals surface area contributed by atoms with Gasteiger partial charge in [0.05, 0.1) is 12.1 Å². The average Bonchev–Trinajstić information content (AvgIpc) is 2.79. The second-order valence-electron chi connectivity index (χ2n) is 7.39. The van der Waals surface area contributed by atoms with Crippen molar-refractivity contribution in [3.63, 3.8) is 0 Å². The molecule has 34 heavy (non-hydrogen) atoms. The van der Waals surface area contributed by atoms with E-state index in [-0.39, 0.29) is 18.6 Å². The third-order valence-electron chi connectivity index (χ3n) is 4.37. The molecular formula is C25H38N2O6S. The molecule has 0 radical (unpaired) electrons. The van der Waals surface area contributed by atoms with E-state index in [0.717, 1.165) is 19.3 Å². The van der Waals surface area contributed by atoms with E-state index in [9.17, 15) is 19.5 Å². The maximum absolute atomic E-state index is 11.9. The van der Waals surface area contributed by atoms with Crippen molar-refractivity contribution in [2.75, 3.05) is 12.3 Å². The number of carbonyl (C=O) groups excluding carboxylic acids is 1. The summed E-state index contributed by atoms with van der Waals surface area (Å²) >= 11 is 1.26. The number of nitrogens with two attached hydrogens (primary N) is 1. The van der Waals surface area contributed by atoms with E-state index in [1.54, 1.807) is 12.2 Å². The monoisotopic (exact) mass is 494 g/mol. The number of allylic oxidation sites excluding steroid dienone is 9. The molecule has 0 saturated heterocycles. The van der Waals surface area contributed by atoms with Crippen LogP contribution in [0.2, 0.25) is 0 Å². The lowest BCUT2D eigenvalue weighted by Gasteiger charge is -2.21. The van der Waals surface area contributed by atoms with Crippen molar-refractivity contribution in [2.45, 2.75) is 62.8 Å². The first-order chi connectivity index (χ1) is 16.3. The second kappa shape index (κ2) is 20.9. The minimum absolute atomic E-state index is 0.0384. The third kappa shape index (κ3) is 18.9. The summed E-state index contributed by atoms with van der Waals surface area (Å²) in [6, 6.07) is -0.935. The van der Waals surface area contributed by atoms with Crippen molar-refractivity contribution < 1.29 is 29.7 Å². The first kappa shape index (κ1) is 31.4. The minimum Gasteiger partial charge on any atom is -0.481 e. The summed E-state index contributed by atoms with van der Waals surface area (Å²) in [4.78, 5) is 33.1. The molecule has 1 unspecified atom stereocenters. The highest BCUT2D eigenvalue weighted by molar-refractivity contribution is 8.00. The summed E-state index contributed by atoms with van der Waals surface area (Å²) in [7, 11) is 0. The van der Waals surface area contributed by atoms with Crippen molar-refractivity contribution in [3.05, 3.63) is 60.8 Å². The lowest BCUT2D eigenvalue weighted by atomic mass is 10.1. The van der Waals surface area contributed by atoms with Crippen molar-refractivity contribution >= 4 is 29.6 Å². The molecule has 0 aliphatic carbocycles. The Kier molecular flexibility index (Phi) is 19.3. The number of thioether (sulfide) groups is 1. The van der Waals surface area contributed by atoms with Gasteiger partial charge in [-0.25, -0.2) is 0 Å². The summed E-state index contributed by atoms with van der Waals surface area (Å²) in [5.41, 5.74) is 5.82. The van der Waals surface area contributed by atoms with E-state index in [4.69, 9.17) is 15.9 Å². The molecule has 0 saturated carbocycles. The molecule has 3 atom stereocenters. The van der Waals surface area contributed by atoms with E-state index >= 15 is 0 Å². The number of nitrogens with one attached hydrogen (secondary N) is 1. The van der Waals surface area contributed by atoms with E-state index in [1.807, 2.05) is 24.3 Å². The number of aliphatic carboxylic acids is 2. The van der Waals surface area contributed by atoms with Crippen LogP contribution in [0.25, 0.3) is 0 Å². The van der Waals surface area contributed by atoms with E-state index in [1.165, 1.54) is 11.8 Å². The molecule has 0 heterocycles. The number of carboxylic acids is 2. The van der Waals surface area contributed by atoms with Crippen LogP contribution in [0.5, 0.6) is 0 Å². The lowest BCUT2D eigenvalue weighted by molar-refractivity contribution is -0.138. The fourth-order valence-corrected chi connectivity index (χ4v) is 3.72. The van der Waals surface area contributed by atoms with Gasteiger partial charge in [0.15, 0.2) is 0 Å². The van der Waals surface area contributed by atoms with Gasteiger partial charge >= 0.3 is 11.9 Å². The Morgan fingerprint density at radius 2 is 1.59 bits per heavy atom. The van der Waals surface area contributed by atoms with Crippen LogP contribution in [0.3, 0.4) is 0 Å². The standard InChI is InChI=1S/C25H38N2O6S/c1-2-3-4-5-6-7-8-9-10-11-12-13-16-22(21(28)15-14-17-23(29)30)34-19-20(26)25(33)27-18-24(31)32/h3-4,6-7,9-13,16,20-22,28H,2,5,8,14-15,17-19,26H2,1H3,(H,27,33)(H,29,30)(H,31,32)/b4-3+,7-6+,10-9+,12-11+,16-13+/t20-,21-,22?/m0/s1. The lowest BCUT2D eigenvalue weighted by Crippen LogP contribution is -2.44. The van der Waals surface area contributed by atoms with Crippen molar-refractivity contribution in [1.82, 2.24) is 5.32 Å². The van der Waals surface area contributed by atoms with Crippen molar-refractivity contribution in [1.29, 1.82) is 0 Å². The van der Waals surface area contributed by atoms with E-state index in [0.29, 0.717) is 6.42 Å². The Bertz CT molecular complexity index is 746. The smallest absolute Gasteiger partial charge is 0.322 e. The van der Waals surface area contributed by atoms with Gasteiger partial charge in [-0.1, -0.05) is 67.7 Å². The van der Waals surface area contributed by atoms with Gasteiger partial charge in [0.25, 0.3) is 0 Å². The molecule has 9 heteroatoms. The van der Waals surface area contributed by atoms with Crippen LogP contribution in [-0.2, 0) is 14.4 Å². The van der Waals surface area contributed by atoms with E-state index in [2.05, 4.69) is 36.5 Å². The highest BCUT2D eigenvalue weighted by atomic mass is 32.2. The number of rotatable bonds is 19. The molecule has 8 nitrogen and oxygen atoms in total. The van der Waals surface area contributed by atoms with Crippen molar-refractivity contribution in [2.24, 2.45) is 5.73 Å². The molecule has 0 aromatic rings. The molecule has 0 aliphatic rings. The Hall–Kier alpha value is -2.62. The molecule has 0 bridgehead atoms. The minimum atomic E-state index is -1.16. The zero-order valence-electron chi connectivity index (χ0n) is 19.7. The molecule has 0 aromatic heterocycles. The fourth-order valence-electron chi connectivity index (χ4n) is 2.58. The molecule has 6 N–H and O–H groups in total. The summed E-state index contributed by atoms with van der Waals surface area (Å²) in [6.45, 7) is 1.59. The van der Waals surface area contributed by atoms with Gasteiger partial charge in [0.1, 0.15) is 6.54 Å². The predicted molar refractivity (Wildman–Crippen MR) is 138 cm³/mol. The first-order valence-corrected chi connectivity index (χ1v) is 12.4. The van der Waals surface area contributed by atoms with Crippen molar-refractivity contribution in [3.8, 4) is 0 Å². The number of carbonyl (C=O) groups is 3. The molecule has 1 amide bonds. The Morgan fingerprint density at radius 1 is 0.941 bits per heavy atom. The van der Waals surface area contributed by atoms with Gasteiger partial charge in [-0.2, -0.15) is 0 Å². The number of aliphatic hydroxyl groups excluding tert-OH is 1.